The van der Waals surface area contributed by atoms with Gasteiger partial charge in [0.05, 0.1) is 0 Å². The van der Waals surface area contributed by atoms with E-state index in [2.05, 4.69) is 0 Å². The Morgan fingerprint density at radius 1 is 0.905 bits per heavy atom. The van der Waals surface area contributed by atoms with Crippen LogP contribution in [0, 0.1) is 11.6 Å². The SMILES string of the molecule is Fc1ccc(C(CCl)(CCl)Cc2c(F)cccc2Cl)cc1. The van der Waals surface area contributed by atoms with Gasteiger partial charge in [0.15, 0.2) is 0 Å². The highest BCUT2D eigenvalue weighted by Gasteiger charge is 2.32. The first kappa shape index (κ1) is 16.5. The standard InChI is InChI=1S/C16H13Cl3F2/c17-9-16(10-18,11-4-6-12(20)7-5-11)8-13-14(19)2-1-3-15(13)21/h1-7H,8-10H2. The van der Waals surface area contributed by atoms with Crippen LogP contribution in [0.25, 0.3) is 0 Å². The summed E-state index contributed by atoms with van der Waals surface area (Å²) in [5.74, 6) is -0.399. The first-order valence-corrected chi connectivity index (χ1v) is 7.78. The minimum Gasteiger partial charge on any atom is -0.207 e. The molecule has 0 spiro atoms. The van der Waals surface area contributed by atoms with Crippen LogP contribution in [0.2, 0.25) is 5.02 Å². The van der Waals surface area contributed by atoms with Gasteiger partial charge in [0, 0.05) is 27.8 Å². The Hall–Kier alpha value is -0.830. The Morgan fingerprint density at radius 3 is 2.05 bits per heavy atom. The number of hydrogen-bond acceptors (Lipinski definition) is 0. The molecule has 0 unspecified atom stereocenters. The number of alkyl halides is 2. The van der Waals surface area contributed by atoms with Crippen molar-refractivity contribution in [2.24, 2.45) is 0 Å². The lowest BCUT2D eigenvalue weighted by Crippen LogP contribution is -2.33. The van der Waals surface area contributed by atoms with Gasteiger partial charge >= 0.3 is 0 Å². The molecular formula is C16H13Cl3F2. The van der Waals surface area contributed by atoms with E-state index in [1.54, 1.807) is 24.3 Å². The van der Waals surface area contributed by atoms with Gasteiger partial charge in [-0.25, -0.2) is 8.78 Å². The van der Waals surface area contributed by atoms with E-state index in [-0.39, 0.29) is 24.0 Å². The van der Waals surface area contributed by atoms with Crippen LogP contribution in [0.3, 0.4) is 0 Å². The molecule has 0 atom stereocenters. The fourth-order valence-corrected chi connectivity index (χ4v) is 3.24. The zero-order valence-corrected chi connectivity index (χ0v) is 13.3. The van der Waals surface area contributed by atoms with E-state index in [0.717, 1.165) is 5.56 Å². The summed E-state index contributed by atoms with van der Waals surface area (Å²) in [7, 11) is 0. The van der Waals surface area contributed by atoms with Crippen LogP contribution < -0.4 is 0 Å². The summed E-state index contributed by atoms with van der Waals surface area (Å²) in [6.45, 7) is 0. The molecule has 0 heterocycles. The maximum Gasteiger partial charge on any atom is 0.127 e. The van der Waals surface area contributed by atoms with Crippen LogP contribution in [0.4, 0.5) is 8.78 Å². The first-order chi connectivity index (χ1) is 10.0. The van der Waals surface area contributed by atoms with Crippen LogP contribution >= 0.6 is 34.8 Å². The van der Waals surface area contributed by atoms with Crippen molar-refractivity contribution in [2.45, 2.75) is 11.8 Å². The Kier molecular flexibility index (Phi) is 5.48. The lowest BCUT2D eigenvalue weighted by molar-refractivity contribution is 0.510. The van der Waals surface area contributed by atoms with E-state index in [1.807, 2.05) is 0 Å². The molecule has 112 valence electrons. The van der Waals surface area contributed by atoms with Crippen LogP contribution in [0.5, 0.6) is 0 Å². The van der Waals surface area contributed by atoms with Crippen LogP contribution in [0.1, 0.15) is 11.1 Å². The molecule has 2 aromatic carbocycles. The topological polar surface area (TPSA) is 0 Å². The van der Waals surface area contributed by atoms with E-state index < -0.39 is 11.2 Å². The van der Waals surface area contributed by atoms with Gasteiger partial charge in [-0.1, -0.05) is 29.8 Å². The van der Waals surface area contributed by atoms with Gasteiger partial charge < -0.3 is 0 Å². The summed E-state index contributed by atoms with van der Waals surface area (Å²) >= 11 is 18.3. The molecule has 0 nitrogen and oxygen atoms in total. The quantitative estimate of drug-likeness (QED) is 0.618. The third kappa shape index (κ3) is 3.50. The normalized spacial score (nSPS) is 11.7. The molecule has 0 aliphatic heterocycles. The summed E-state index contributed by atoms with van der Waals surface area (Å²) in [6.07, 6.45) is 0.247. The fraction of sp³-hybridized carbons (Fsp3) is 0.250. The Morgan fingerprint density at radius 2 is 1.52 bits per heavy atom. The van der Waals surface area contributed by atoms with Crippen molar-refractivity contribution in [1.82, 2.24) is 0 Å². The minimum atomic E-state index is -0.706. The molecule has 0 bridgehead atoms. The Bertz CT molecular complexity index is 587. The molecule has 21 heavy (non-hydrogen) atoms. The number of hydrogen-bond donors (Lipinski definition) is 0. The molecule has 0 amide bonds. The van der Waals surface area contributed by atoms with Crippen molar-refractivity contribution in [3.63, 3.8) is 0 Å². The molecule has 0 saturated carbocycles. The third-order valence-corrected chi connectivity index (χ3v) is 4.92. The zero-order valence-electron chi connectivity index (χ0n) is 11.1. The van der Waals surface area contributed by atoms with Gasteiger partial charge in [-0.2, -0.15) is 0 Å². The van der Waals surface area contributed by atoms with Crippen molar-refractivity contribution in [2.75, 3.05) is 11.8 Å². The van der Waals surface area contributed by atoms with Gasteiger partial charge in [0.1, 0.15) is 11.6 Å². The van der Waals surface area contributed by atoms with Gasteiger partial charge in [0.2, 0.25) is 0 Å². The summed E-state index contributed by atoms with van der Waals surface area (Å²) in [4.78, 5) is 0. The molecule has 0 fully saturated rings. The average molecular weight is 350 g/mol. The smallest absolute Gasteiger partial charge is 0.127 e. The van der Waals surface area contributed by atoms with Crippen molar-refractivity contribution in [3.8, 4) is 0 Å². The molecule has 0 aliphatic carbocycles. The molecule has 2 aromatic rings. The zero-order chi connectivity index (χ0) is 15.5. The predicted molar refractivity (Wildman–Crippen MR) is 84.6 cm³/mol. The molecular weight excluding hydrogens is 337 g/mol. The molecule has 0 aromatic heterocycles. The van der Waals surface area contributed by atoms with Crippen molar-refractivity contribution < 1.29 is 8.78 Å². The number of halogens is 5. The monoisotopic (exact) mass is 348 g/mol. The third-order valence-electron chi connectivity index (χ3n) is 3.55. The molecule has 0 saturated heterocycles. The van der Waals surface area contributed by atoms with Crippen LogP contribution in [0.15, 0.2) is 42.5 Å². The second kappa shape index (κ2) is 6.95. The summed E-state index contributed by atoms with van der Waals surface area (Å²) in [5.41, 5.74) is 0.417. The average Bonchev–Trinajstić information content (AvgIpc) is 2.49. The second-order valence-corrected chi connectivity index (χ2v) is 5.87. The summed E-state index contributed by atoms with van der Waals surface area (Å²) in [6, 6.07) is 10.4. The van der Waals surface area contributed by atoms with E-state index in [9.17, 15) is 8.78 Å². The maximum atomic E-state index is 14.0. The highest BCUT2D eigenvalue weighted by Crippen LogP contribution is 2.34. The van der Waals surface area contributed by atoms with Crippen molar-refractivity contribution >= 4 is 34.8 Å². The van der Waals surface area contributed by atoms with Crippen molar-refractivity contribution in [1.29, 1.82) is 0 Å². The van der Waals surface area contributed by atoms with E-state index >= 15 is 0 Å². The highest BCUT2D eigenvalue weighted by molar-refractivity contribution is 6.31. The van der Waals surface area contributed by atoms with Gasteiger partial charge in [-0.15, -0.1) is 23.2 Å². The lowest BCUT2D eigenvalue weighted by Gasteiger charge is -2.31. The van der Waals surface area contributed by atoms with Crippen LogP contribution in [-0.2, 0) is 11.8 Å². The summed E-state index contributed by atoms with van der Waals surface area (Å²) in [5, 5.41) is 0.330. The molecule has 0 radical (unpaired) electrons. The summed E-state index contributed by atoms with van der Waals surface area (Å²) < 4.78 is 27.1. The second-order valence-electron chi connectivity index (χ2n) is 4.93. The molecule has 5 heteroatoms. The molecule has 0 N–H and O–H groups in total. The van der Waals surface area contributed by atoms with Gasteiger partial charge in [-0.3, -0.25) is 0 Å². The lowest BCUT2D eigenvalue weighted by atomic mass is 9.78. The predicted octanol–water partition coefficient (Wildman–Crippen LogP) is 5.58. The minimum absolute atomic E-state index is 0.173. The van der Waals surface area contributed by atoms with E-state index in [0.29, 0.717) is 10.6 Å². The van der Waals surface area contributed by atoms with E-state index in [1.165, 1.54) is 18.2 Å². The largest absolute Gasteiger partial charge is 0.207 e. The molecule has 0 aliphatic rings. The van der Waals surface area contributed by atoms with Crippen LogP contribution in [-0.4, -0.2) is 11.8 Å². The fourth-order valence-electron chi connectivity index (χ4n) is 2.23. The van der Waals surface area contributed by atoms with E-state index in [4.69, 9.17) is 34.8 Å². The first-order valence-electron chi connectivity index (χ1n) is 6.33. The van der Waals surface area contributed by atoms with Gasteiger partial charge in [0.25, 0.3) is 0 Å². The number of rotatable bonds is 5. The Labute approximate surface area is 137 Å². The van der Waals surface area contributed by atoms with Crippen molar-refractivity contribution in [3.05, 3.63) is 70.2 Å². The number of benzene rings is 2. The van der Waals surface area contributed by atoms with Gasteiger partial charge in [-0.05, 0) is 36.2 Å². The highest BCUT2D eigenvalue weighted by atomic mass is 35.5. The Balaban J connectivity index is 2.45. The molecule has 2 rings (SSSR count). The maximum absolute atomic E-state index is 14.0.